The lowest BCUT2D eigenvalue weighted by Gasteiger charge is -2.32. The smallest absolute Gasteiger partial charge is 0.306 e. The maximum atomic E-state index is 13.3. The van der Waals surface area contributed by atoms with Gasteiger partial charge in [-0.2, -0.15) is 5.10 Å². The lowest BCUT2D eigenvalue weighted by molar-refractivity contribution is -0.155. The van der Waals surface area contributed by atoms with Crippen LogP contribution in [0.15, 0.2) is 30.6 Å². The van der Waals surface area contributed by atoms with Crippen molar-refractivity contribution in [3.63, 3.8) is 0 Å². The first-order chi connectivity index (χ1) is 20.0. The van der Waals surface area contributed by atoms with Crippen molar-refractivity contribution in [3.05, 3.63) is 47.3 Å². The van der Waals surface area contributed by atoms with E-state index < -0.39 is 35.3 Å². The highest BCUT2D eigenvalue weighted by atomic mass is 16.6. The second kappa shape index (κ2) is 12.0. The largest absolute Gasteiger partial charge is 0.460 e. The molecule has 2 N–H and O–H groups in total. The molecule has 0 radical (unpaired) electrons. The fourth-order valence-electron chi connectivity index (χ4n) is 5.77. The number of fused-ring (bicyclic) bond motifs is 1. The summed E-state index contributed by atoms with van der Waals surface area (Å²) < 4.78 is 7.38. The predicted molar refractivity (Wildman–Crippen MR) is 152 cm³/mol. The van der Waals surface area contributed by atoms with Gasteiger partial charge >= 0.3 is 5.97 Å². The van der Waals surface area contributed by atoms with Gasteiger partial charge in [0.05, 0.1) is 23.4 Å². The number of ether oxygens (including phenoxy) is 1. The zero-order chi connectivity index (χ0) is 30.0. The highest BCUT2D eigenvalue weighted by molar-refractivity contribution is 6.25. The molecule has 3 aliphatic rings. The number of nitrogens with zero attached hydrogens (tertiary/aromatic N) is 4. The Morgan fingerprint density at radius 1 is 1.10 bits per heavy atom. The van der Waals surface area contributed by atoms with Crippen LogP contribution in [0, 0.1) is 0 Å². The van der Waals surface area contributed by atoms with E-state index in [4.69, 9.17) is 4.74 Å². The Kier molecular flexibility index (Phi) is 8.44. The molecule has 42 heavy (non-hydrogen) atoms. The molecule has 0 spiro atoms. The minimum atomic E-state index is -1.00. The SMILES string of the molecule is CC(C)(C)OC(=O)CCCN1CCC(n2cc(CNc3cccc4c3C(=O)N(C3CCC(=O)NC3=O)C4=O)cn2)CC1. The van der Waals surface area contributed by atoms with Crippen LogP contribution in [0.25, 0.3) is 0 Å². The molecule has 3 aliphatic heterocycles. The molecule has 12 nitrogen and oxygen atoms in total. The fraction of sp³-hybridized carbons (Fsp3) is 0.533. The Balaban J connectivity index is 1.13. The van der Waals surface area contributed by atoms with Crippen molar-refractivity contribution in [2.45, 2.75) is 83.5 Å². The van der Waals surface area contributed by atoms with E-state index in [0.29, 0.717) is 18.7 Å². The van der Waals surface area contributed by atoms with E-state index in [0.717, 1.165) is 49.4 Å². The number of carbonyl (C=O) groups excluding carboxylic acids is 5. The second-order valence-corrected chi connectivity index (χ2v) is 12.1. The number of anilines is 1. The summed E-state index contributed by atoms with van der Waals surface area (Å²) in [5, 5.41) is 10.1. The zero-order valence-electron chi connectivity index (χ0n) is 24.4. The van der Waals surface area contributed by atoms with E-state index in [1.165, 1.54) is 0 Å². The number of benzene rings is 1. The standard InChI is InChI=1S/C30H38N6O6/c1-30(2,3)42-25(38)8-5-13-34-14-11-20(12-15-34)35-18-19(17-32-35)16-31-22-7-4-6-21-26(22)29(41)36(28(21)40)23-9-10-24(37)33-27(23)39/h4,6-7,17-18,20,23,31H,5,8-16H2,1-3H3,(H,33,37,39). The Bertz CT molecular complexity index is 1390. The van der Waals surface area contributed by atoms with Crippen molar-refractivity contribution >= 4 is 35.3 Å². The first-order valence-electron chi connectivity index (χ1n) is 14.6. The Labute approximate surface area is 244 Å². The number of piperidine rings is 2. The molecule has 0 aliphatic carbocycles. The van der Waals surface area contributed by atoms with Crippen LogP contribution in [0.3, 0.4) is 0 Å². The van der Waals surface area contributed by atoms with Crippen LogP contribution in [-0.2, 0) is 25.7 Å². The summed E-state index contributed by atoms with van der Waals surface area (Å²) in [6.45, 7) is 8.76. The van der Waals surface area contributed by atoms with Gasteiger partial charge in [-0.25, -0.2) is 0 Å². The zero-order valence-corrected chi connectivity index (χ0v) is 24.4. The van der Waals surface area contributed by atoms with Gasteiger partial charge in [-0.15, -0.1) is 0 Å². The molecule has 2 aromatic rings. The van der Waals surface area contributed by atoms with E-state index >= 15 is 0 Å². The number of hydrogen-bond donors (Lipinski definition) is 2. The molecule has 1 aromatic heterocycles. The van der Waals surface area contributed by atoms with Crippen LogP contribution in [0.4, 0.5) is 5.69 Å². The van der Waals surface area contributed by atoms with Crippen molar-refractivity contribution in [2.75, 3.05) is 25.0 Å². The van der Waals surface area contributed by atoms with Gasteiger partial charge in [0.15, 0.2) is 0 Å². The third-order valence-electron chi connectivity index (χ3n) is 7.81. The molecule has 5 rings (SSSR count). The highest BCUT2D eigenvalue weighted by Crippen LogP contribution is 2.32. The number of likely N-dealkylation sites (tertiary alicyclic amines) is 1. The summed E-state index contributed by atoms with van der Waals surface area (Å²) in [5.74, 6) is -2.26. The third-order valence-corrected chi connectivity index (χ3v) is 7.81. The summed E-state index contributed by atoms with van der Waals surface area (Å²) in [7, 11) is 0. The Morgan fingerprint density at radius 3 is 2.57 bits per heavy atom. The van der Waals surface area contributed by atoms with Gasteiger partial charge < -0.3 is 15.0 Å². The molecule has 1 unspecified atom stereocenters. The van der Waals surface area contributed by atoms with Crippen molar-refractivity contribution < 1.29 is 28.7 Å². The lowest BCUT2D eigenvalue weighted by atomic mass is 10.0. The molecule has 2 saturated heterocycles. The summed E-state index contributed by atoms with van der Waals surface area (Å²) in [5.41, 5.74) is 1.46. The van der Waals surface area contributed by atoms with Gasteiger partial charge in [0.25, 0.3) is 11.8 Å². The molecule has 4 heterocycles. The topological polar surface area (TPSA) is 143 Å². The van der Waals surface area contributed by atoms with E-state index in [-0.39, 0.29) is 36.0 Å². The monoisotopic (exact) mass is 578 g/mol. The number of hydrogen-bond acceptors (Lipinski definition) is 9. The Morgan fingerprint density at radius 2 is 1.86 bits per heavy atom. The van der Waals surface area contributed by atoms with Crippen molar-refractivity contribution in [2.24, 2.45) is 0 Å². The van der Waals surface area contributed by atoms with Crippen LogP contribution in [0.5, 0.6) is 0 Å². The lowest BCUT2D eigenvalue weighted by Crippen LogP contribution is -2.54. The van der Waals surface area contributed by atoms with Gasteiger partial charge in [0.1, 0.15) is 11.6 Å². The van der Waals surface area contributed by atoms with Crippen LogP contribution in [-0.4, -0.2) is 80.5 Å². The molecule has 4 amide bonds. The number of carbonyl (C=O) groups is 5. The molecule has 12 heteroatoms. The minimum Gasteiger partial charge on any atom is -0.460 e. The molecular formula is C30H38N6O6. The average molecular weight is 579 g/mol. The Hall–Kier alpha value is -4.06. The number of aromatic nitrogens is 2. The first kappa shape index (κ1) is 29.4. The number of nitrogens with one attached hydrogen (secondary N) is 2. The third kappa shape index (κ3) is 6.53. The van der Waals surface area contributed by atoms with Crippen LogP contribution in [0.1, 0.15) is 91.6 Å². The molecule has 1 atom stereocenters. The van der Waals surface area contributed by atoms with E-state index in [2.05, 4.69) is 20.6 Å². The second-order valence-electron chi connectivity index (χ2n) is 12.1. The van der Waals surface area contributed by atoms with Gasteiger partial charge in [-0.05, 0) is 65.1 Å². The van der Waals surface area contributed by atoms with Gasteiger partial charge in [0, 0.05) is 49.9 Å². The highest BCUT2D eigenvalue weighted by Gasteiger charge is 2.45. The number of esters is 1. The molecule has 2 fully saturated rings. The summed E-state index contributed by atoms with van der Waals surface area (Å²) in [6, 6.07) is 4.29. The normalized spacial score (nSPS) is 20.1. The van der Waals surface area contributed by atoms with Gasteiger partial charge in [-0.3, -0.25) is 38.9 Å². The van der Waals surface area contributed by atoms with E-state index in [9.17, 15) is 24.0 Å². The van der Waals surface area contributed by atoms with Crippen molar-refractivity contribution in [1.82, 2.24) is 24.9 Å². The molecule has 0 bridgehead atoms. The van der Waals surface area contributed by atoms with E-state index in [1.807, 2.05) is 31.6 Å². The molecule has 224 valence electrons. The summed E-state index contributed by atoms with van der Waals surface area (Å²) >= 11 is 0. The molecule has 1 aromatic carbocycles. The molecular weight excluding hydrogens is 540 g/mol. The summed E-state index contributed by atoms with van der Waals surface area (Å²) in [4.78, 5) is 65.6. The first-order valence-corrected chi connectivity index (χ1v) is 14.6. The predicted octanol–water partition coefficient (Wildman–Crippen LogP) is 2.66. The number of amides is 4. The van der Waals surface area contributed by atoms with Crippen LogP contribution in [0.2, 0.25) is 0 Å². The van der Waals surface area contributed by atoms with Crippen LogP contribution < -0.4 is 10.6 Å². The minimum absolute atomic E-state index is 0.0754. The number of imide groups is 2. The average Bonchev–Trinajstić information content (AvgIpc) is 3.50. The van der Waals surface area contributed by atoms with Gasteiger partial charge in [0.2, 0.25) is 11.8 Å². The maximum Gasteiger partial charge on any atom is 0.306 e. The van der Waals surface area contributed by atoms with Crippen LogP contribution >= 0.6 is 0 Å². The van der Waals surface area contributed by atoms with Crippen molar-refractivity contribution in [3.8, 4) is 0 Å². The maximum absolute atomic E-state index is 13.3. The summed E-state index contributed by atoms with van der Waals surface area (Å²) in [6.07, 6.45) is 7.11. The molecule has 0 saturated carbocycles. The van der Waals surface area contributed by atoms with Crippen molar-refractivity contribution in [1.29, 1.82) is 0 Å². The quantitative estimate of drug-likeness (QED) is 0.339. The fourth-order valence-corrected chi connectivity index (χ4v) is 5.77. The van der Waals surface area contributed by atoms with Gasteiger partial charge in [-0.1, -0.05) is 6.07 Å². The number of rotatable bonds is 9. The van der Waals surface area contributed by atoms with E-state index in [1.54, 1.807) is 24.4 Å².